The van der Waals surface area contributed by atoms with Gasteiger partial charge in [0.2, 0.25) is 0 Å². The number of carbonyl (C=O) groups is 1. The molecule has 2 heterocycles. The van der Waals surface area contributed by atoms with Crippen molar-refractivity contribution in [2.45, 2.75) is 46.2 Å². The molecule has 1 atom stereocenters. The Morgan fingerprint density at radius 2 is 2.10 bits per heavy atom. The highest BCUT2D eigenvalue weighted by Gasteiger charge is 2.26. The summed E-state index contributed by atoms with van der Waals surface area (Å²) in [7, 11) is 0. The summed E-state index contributed by atoms with van der Waals surface area (Å²) in [6.07, 6.45) is 4.09. The van der Waals surface area contributed by atoms with Gasteiger partial charge in [-0.1, -0.05) is 0 Å². The highest BCUT2D eigenvalue weighted by atomic mass is 16.1. The molecular formula is C17H22N2O. The van der Waals surface area contributed by atoms with E-state index in [4.69, 9.17) is 0 Å². The van der Waals surface area contributed by atoms with Crippen molar-refractivity contribution in [3.05, 3.63) is 35.0 Å². The van der Waals surface area contributed by atoms with Crippen LogP contribution in [0.2, 0.25) is 0 Å². The zero-order valence-corrected chi connectivity index (χ0v) is 12.5. The summed E-state index contributed by atoms with van der Waals surface area (Å²) in [6, 6.07) is 4.37. The standard InChI is InChI=1S/C17H22N2O/c1-4-19-10-14(17(20)15-6-5-7-18-15)13-8-11(2)12(3)9-16(13)19/h8-10,15,18H,4-7H2,1-3H3/t15-/m1/s1. The van der Waals surface area contributed by atoms with E-state index < -0.39 is 0 Å². The van der Waals surface area contributed by atoms with Gasteiger partial charge in [0.15, 0.2) is 5.78 Å². The normalized spacial score (nSPS) is 18.9. The molecule has 3 rings (SSSR count). The van der Waals surface area contributed by atoms with E-state index in [0.29, 0.717) is 0 Å². The maximum absolute atomic E-state index is 12.7. The third kappa shape index (κ3) is 2.06. The molecule has 1 aromatic heterocycles. The molecule has 1 N–H and O–H groups in total. The van der Waals surface area contributed by atoms with Crippen LogP contribution < -0.4 is 5.32 Å². The predicted octanol–water partition coefficient (Wildman–Crippen LogP) is 3.21. The molecule has 106 valence electrons. The first kappa shape index (κ1) is 13.4. The van der Waals surface area contributed by atoms with Crippen molar-refractivity contribution < 1.29 is 4.79 Å². The van der Waals surface area contributed by atoms with E-state index in [1.54, 1.807) is 0 Å². The molecule has 0 spiro atoms. The third-order valence-corrected chi connectivity index (χ3v) is 4.48. The molecule has 1 saturated heterocycles. The minimum atomic E-state index is 0.00696. The zero-order chi connectivity index (χ0) is 14.3. The predicted molar refractivity (Wildman–Crippen MR) is 82.4 cm³/mol. The molecule has 0 unspecified atom stereocenters. The van der Waals surface area contributed by atoms with Crippen molar-refractivity contribution in [1.29, 1.82) is 0 Å². The summed E-state index contributed by atoms with van der Waals surface area (Å²) >= 11 is 0. The van der Waals surface area contributed by atoms with Gasteiger partial charge in [-0.3, -0.25) is 4.79 Å². The second-order valence-corrected chi connectivity index (χ2v) is 5.80. The number of benzene rings is 1. The van der Waals surface area contributed by atoms with Gasteiger partial charge in [0.05, 0.1) is 6.04 Å². The molecular weight excluding hydrogens is 248 g/mol. The molecule has 2 aromatic rings. The van der Waals surface area contributed by atoms with Gasteiger partial charge >= 0.3 is 0 Å². The van der Waals surface area contributed by atoms with Gasteiger partial charge in [0.1, 0.15) is 0 Å². The lowest BCUT2D eigenvalue weighted by atomic mass is 9.99. The maximum atomic E-state index is 12.7. The number of nitrogens with one attached hydrogen (secondary N) is 1. The van der Waals surface area contributed by atoms with Crippen LogP contribution in [0.3, 0.4) is 0 Å². The second kappa shape index (κ2) is 5.06. The molecule has 0 amide bonds. The summed E-state index contributed by atoms with van der Waals surface area (Å²) in [6.45, 7) is 8.21. The fourth-order valence-electron chi connectivity index (χ4n) is 3.10. The Kier molecular flexibility index (Phi) is 3.38. The Morgan fingerprint density at radius 1 is 1.35 bits per heavy atom. The molecule has 1 aliphatic rings. The fourth-order valence-corrected chi connectivity index (χ4v) is 3.10. The number of aromatic nitrogens is 1. The first-order valence-electron chi connectivity index (χ1n) is 7.49. The van der Waals surface area contributed by atoms with E-state index in [1.807, 2.05) is 6.20 Å². The molecule has 0 saturated carbocycles. The number of rotatable bonds is 3. The van der Waals surface area contributed by atoms with Crippen LogP contribution in [0.1, 0.15) is 41.3 Å². The summed E-state index contributed by atoms with van der Waals surface area (Å²) < 4.78 is 2.18. The highest BCUT2D eigenvalue weighted by Crippen LogP contribution is 2.27. The lowest BCUT2D eigenvalue weighted by Crippen LogP contribution is -2.30. The van der Waals surface area contributed by atoms with Gasteiger partial charge < -0.3 is 9.88 Å². The lowest BCUT2D eigenvalue weighted by molar-refractivity contribution is 0.0954. The number of hydrogen-bond acceptors (Lipinski definition) is 2. The zero-order valence-electron chi connectivity index (χ0n) is 12.5. The Morgan fingerprint density at radius 3 is 2.75 bits per heavy atom. The van der Waals surface area contributed by atoms with Gasteiger partial charge in [0, 0.05) is 29.2 Å². The van der Waals surface area contributed by atoms with Crippen LogP contribution in [-0.4, -0.2) is 22.9 Å². The molecule has 1 aromatic carbocycles. The summed E-state index contributed by atoms with van der Waals surface area (Å²) in [4.78, 5) is 12.7. The number of ketones is 1. The Hall–Kier alpha value is -1.61. The Labute approximate surface area is 120 Å². The monoisotopic (exact) mass is 270 g/mol. The number of carbonyl (C=O) groups excluding carboxylic acids is 1. The highest BCUT2D eigenvalue weighted by molar-refractivity contribution is 6.10. The minimum Gasteiger partial charge on any atom is -0.347 e. The molecule has 3 nitrogen and oxygen atoms in total. The summed E-state index contributed by atoms with van der Waals surface area (Å²) in [5, 5.41) is 4.42. The molecule has 1 aliphatic heterocycles. The van der Waals surface area contributed by atoms with Gasteiger partial charge in [-0.15, -0.1) is 0 Å². The van der Waals surface area contributed by atoms with Gasteiger partial charge in [-0.05, 0) is 63.4 Å². The number of nitrogens with zero attached hydrogens (tertiary/aromatic N) is 1. The van der Waals surface area contributed by atoms with Crippen molar-refractivity contribution in [3.8, 4) is 0 Å². The van der Waals surface area contributed by atoms with Crippen LogP contribution in [-0.2, 0) is 6.54 Å². The van der Waals surface area contributed by atoms with Crippen LogP contribution in [0.5, 0.6) is 0 Å². The van der Waals surface area contributed by atoms with E-state index in [2.05, 4.69) is 42.8 Å². The van der Waals surface area contributed by atoms with Crippen LogP contribution in [0.25, 0.3) is 10.9 Å². The first-order valence-corrected chi connectivity index (χ1v) is 7.49. The van der Waals surface area contributed by atoms with Crippen molar-refractivity contribution in [3.63, 3.8) is 0 Å². The quantitative estimate of drug-likeness (QED) is 0.869. The van der Waals surface area contributed by atoms with Crippen LogP contribution in [0.4, 0.5) is 0 Å². The van der Waals surface area contributed by atoms with Crippen molar-refractivity contribution in [2.75, 3.05) is 6.54 Å². The maximum Gasteiger partial charge on any atom is 0.181 e. The van der Waals surface area contributed by atoms with E-state index in [-0.39, 0.29) is 11.8 Å². The number of Topliss-reactive ketones (excluding diaryl/α,β-unsaturated/α-hetero) is 1. The van der Waals surface area contributed by atoms with Crippen molar-refractivity contribution in [2.24, 2.45) is 0 Å². The first-order chi connectivity index (χ1) is 9.61. The van der Waals surface area contributed by atoms with E-state index in [0.717, 1.165) is 36.9 Å². The van der Waals surface area contributed by atoms with E-state index >= 15 is 0 Å². The van der Waals surface area contributed by atoms with Gasteiger partial charge in [-0.2, -0.15) is 0 Å². The van der Waals surface area contributed by atoms with Gasteiger partial charge in [-0.25, -0.2) is 0 Å². The number of hydrogen-bond donors (Lipinski definition) is 1. The Bertz CT molecular complexity index is 663. The summed E-state index contributed by atoms with van der Waals surface area (Å²) in [5.41, 5.74) is 4.59. The number of aryl methyl sites for hydroxylation is 3. The van der Waals surface area contributed by atoms with Crippen LogP contribution in [0, 0.1) is 13.8 Å². The number of fused-ring (bicyclic) bond motifs is 1. The third-order valence-electron chi connectivity index (χ3n) is 4.48. The average molecular weight is 270 g/mol. The molecule has 0 aliphatic carbocycles. The fraction of sp³-hybridized carbons (Fsp3) is 0.471. The van der Waals surface area contributed by atoms with Crippen molar-refractivity contribution >= 4 is 16.7 Å². The molecule has 20 heavy (non-hydrogen) atoms. The van der Waals surface area contributed by atoms with E-state index in [9.17, 15) is 4.79 Å². The molecule has 0 bridgehead atoms. The van der Waals surface area contributed by atoms with E-state index in [1.165, 1.54) is 16.6 Å². The molecule has 0 radical (unpaired) electrons. The van der Waals surface area contributed by atoms with Crippen molar-refractivity contribution in [1.82, 2.24) is 9.88 Å². The SMILES string of the molecule is CCn1cc(C(=O)[C@H]2CCCN2)c2cc(C)c(C)cc21. The van der Waals surface area contributed by atoms with Crippen LogP contribution in [0.15, 0.2) is 18.3 Å². The summed E-state index contributed by atoms with van der Waals surface area (Å²) in [5.74, 6) is 0.253. The van der Waals surface area contributed by atoms with Gasteiger partial charge in [0.25, 0.3) is 0 Å². The molecule has 1 fully saturated rings. The van der Waals surface area contributed by atoms with Crippen LogP contribution >= 0.6 is 0 Å². The topological polar surface area (TPSA) is 34.0 Å². The Balaban J connectivity index is 2.15. The lowest BCUT2D eigenvalue weighted by Gasteiger charge is -2.08. The smallest absolute Gasteiger partial charge is 0.181 e. The second-order valence-electron chi connectivity index (χ2n) is 5.80. The average Bonchev–Trinajstić information content (AvgIpc) is 3.06. The minimum absolute atomic E-state index is 0.00696. The largest absolute Gasteiger partial charge is 0.347 e. The molecule has 3 heteroatoms.